The van der Waals surface area contributed by atoms with E-state index in [0.29, 0.717) is 23.5 Å². The molecule has 2 saturated carbocycles. The molecule has 0 amide bonds. The van der Waals surface area contributed by atoms with Crippen molar-refractivity contribution >= 4 is 23.1 Å². The van der Waals surface area contributed by atoms with Crippen LogP contribution in [0, 0.1) is 11.8 Å². The van der Waals surface area contributed by atoms with E-state index in [1.54, 1.807) is 0 Å². The Morgan fingerprint density at radius 3 is 1.45 bits per heavy atom. The average molecular weight is 610 g/mol. The second-order valence-corrected chi connectivity index (χ2v) is 10.2. The second-order valence-electron chi connectivity index (χ2n) is 10.2. The largest absolute Gasteiger partial charge is 3.00 e. The molecule has 2 unspecified atom stereocenters. The zero-order chi connectivity index (χ0) is 22.5. The molecule has 38 heavy (non-hydrogen) atoms. The first kappa shape index (κ1) is 30.7. The molecule has 0 aromatic carbocycles. The minimum atomic E-state index is 0. The summed E-state index contributed by atoms with van der Waals surface area (Å²) in [4.78, 5) is 24.3. The Morgan fingerprint density at radius 1 is 0.605 bits per heavy atom. The summed E-state index contributed by atoms with van der Waals surface area (Å²) >= 11 is 0. The molecule has 2 aliphatic heterocycles. The molecule has 4 aliphatic carbocycles. The predicted octanol–water partition coefficient (Wildman–Crippen LogP) is -3.40. The van der Waals surface area contributed by atoms with Crippen LogP contribution in [0.1, 0.15) is 62.8 Å². The van der Waals surface area contributed by atoms with Gasteiger partial charge >= 0.3 is 17.1 Å². The second kappa shape index (κ2) is 13.0. The molecule has 2 atom stereocenters. The molecule has 0 N–H and O–H groups in total. The topological polar surface area (TPSA) is 62.3 Å². The summed E-state index contributed by atoms with van der Waals surface area (Å²) in [5.74, 6) is 2.79. The van der Waals surface area contributed by atoms with Crippen LogP contribution in [0.25, 0.3) is 0 Å². The maximum atomic E-state index is 4.88. The average Bonchev–Trinajstić information content (AvgIpc) is 3.69. The third kappa shape index (κ3) is 5.85. The van der Waals surface area contributed by atoms with Crippen LogP contribution < -0.4 is 37.2 Å². The van der Waals surface area contributed by atoms with Gasteiger partial charge in [-0.05, 0) is 73.0 Å². The molecular formula is C29H29Cl3FeN5. The Balaban J connectivity index is 0.000001000. The molecule has 3 heterocycles. The Kier molecular flexibility index (Phi) is 10.5. The van der Waals surface area contributed by atoms with E-state index < -0.39 is 0 Å². The summed E-state index contributed by atoms with van der Waals surface area (Å²) in [5, 5.41) is 0. The van der Waals surface area contributed by atoms with Crippen molar-refractivity contribution in [1.82, 2.24) is 4.98 Å². The van der Waals surface area contributed by atoms with E-state index >= 15 is 0 Å². The molecule has 9 heteroatoms. The molecule has 1 radical (unpaired) electrons. The number of hydrogen-bond donors (Lipinski definition) is 0. The monoisotopic (exact) mass is 608 g/mol. The first-order valence-electron chi connectivity index (χ1n) is 12.9. The number of hydrogen-bond acceptors (Lipinski definition) is 5. The fourth-order valence-corrected chi connectivity index (χ4v) is 6.15. The summed E-state index contributed by atoms with van der Waals surface area (Å²) < 4.78 is 0. The number of pyridine rings is 1. The molecule has 2 fully saturated rings. The Morgan fingerprint density at radius 2 is 1.03 bits per heavy atom. The van der Waals surface area contributed by atoms with Gasteiger partial charge in [0.05, 0.1) is 11.4 Å². The van der Waals surface area contributed by atoms with Gasteiger partial charge in [-0.2, -0.15) is 0 Å². The number of fused-ring (bicyclic) bond motifs is 2. The summed E-state index contributed by atoms with van der Waals surface area (Å²) in [6.45, 7) is 0. The van der Waals surface area contributed by atoms with E-state index in [0.717, 1.165) is 22.8 Å². The van der Waals surface area contributed by atoms with E-state index in [4.69, 9.17) is 25.0 Å². The normalized spacial score (nSPS) is 25.3. The van der Waals surface area contributed by atoms with Gasteiger partial charge in [-0.1, -0.05) is 56.1 Å². The molecule has 5 nitrogen and oxygen atoms in total. The minimum Gasteiger partial charge on any atom is -1.00 e. The molecule has 0 saturated heterocycles. The van der Waals surface area contributed by atoms with Crippen molar-refractivity contribution in [1.29, 1.82) is 0 Å². The molecule has 6 aliphatic rings. The fraction of sp³-hybridized carbons (Fsp3) is 0.414. The summed E-state index contributed by atoms with van der Waals surface area (Å²) in [7, 11) is 0. The fourth-order valence-electron chi connectivity index (χ4n) is 6.15. The number of allylic oxidation sites excluding steroid dienone is 4. The third-order valence-corrected chi connectivity index (χ3v) is 8.03. The molecule has 7 rings (SSSR count). The van der Waals surface area contributed by atoms with Crippen LogP contribution >= 0.6 is 0 Å². The summed E-state index contributed by atoms with van der Waals surface area (Å²) in [6, 6.07) is 6.02. The van der Waals surface area contributed by atoms with Crippen molar-refractivity contribution in [3.63, 3.8) is 0 Å². The van der Waals surface area contributed by atoms with Gasteiger partial charge < -0.3 is 37.2 Å². The van der Waals surface area contributed by atoms with Crippen LogP contribution in [-0.4, -0.2) is 40.2 Å². The Hall–Kier alpha value is -1.82. The zero-order valence-electron chi connectivity index (χ0n) is 20.9. The van der Waals surface area contributed by atoms with Crippen molar-refractivity contribution in [2.24, 2.45) is 31.8 Å². The van der Waals surface area contributed by atoms with Crippen LogP contribution in [0.3, 0.4) is 0 Å². The van der Waals surface area contributed by atoms with E-state index in [1.165, 1.54) is 62.5 Å². The van der Waals surface area contributed by atoms with Crippen molar-refractivity contribution in [3.05, 3.63) is 77.2 Å². The van der Waals surface area contributed by atoms with Crippen LogP contribution in [0.2, 0.25) is 0 Å². The van der Waals surface area contributed by atoms with Gasteiger partial charge in [-0.25, -0.2) is 15.0 Å². The number of aliphatic imine (C=N–C) groups is 4. The van der Waals surface area contributed by atoms with Gasteiger partial charge in [-0.15, -0.1) is 0 Å². The van der Waals surface area contributed by atoms with Gasteiger partial charge in [0.25, 0.3) is 0 Å². The van der Waals surface area contributed by atoms with Crippen molar-refractivity contribution in [2.75, 3.05) is 0 Å². The molecule has 1 aromatic heterocycles. The van der Waals surface area contributed by atoms with E-state index in [1.807, 2.05) is 18.2 Å². The van der Waals surface area contributed by atoms with Gasteiger partial charge in [0.15, 0.2) is 11.7 Å². The van der Waals surface area contributed by atoms with Gasteiger partial charge in [0, 0.05) is 0 Å². The molecule has 0 bridgehead atoms. The van der Waals surface area contributed by atoms with Gasteiger partial charge in [0.2, 0.25) is 0 Å². The van der Waals surface area contributed by atoms with E-state index in [-0.39, 0.29) is 66.4 Å². The first-order valence-corrected chi connectivity index (χ1v) is 12.9. The third-order valence-electron chi connectivity index (χ3n) is 8.03. The SMILES string of the molecule is C1=CC2N=C(c3cccc(C4=NC5C=CC(C6CCCC6)=CC5=N4)n3)N=C2C=C1C1CCCC1.[Cl-].[Cl-].[Cl-].[Fe+3]. The number of rotatable bonds is 4. The smallest absolute Gasteiger partial charge is 1.00 e. The van der Waals surface area contributed by atoms with Crippen molar-refractivity contribution < 1.29 is 54.3 Å². The number of aromatic nitrogens is 1. The minimum absolute atomic E-state index is 0. The van der Waals surface area contributed by atoms with Crippen molar-refractivity contribution in [3.8, 4) is 0 Å². The maximum Gasteiger partial charge on any atom is 3.00 e. The van der Waals surface area contributed by atoms with Crippen LogP contribution in [0.4, 0.5) is 0 Å². The van der Waals surface area contributed by atoms with Gasteiger partial charge in [-0.3, -0.25) is 9.98 Å². The number of halogens is 3. The maximum absolute atomic E-state index is 4.88. The molecule has 1 aromatic rings. The van der Waals surface area contributed by atoms with Crippen LogP contribution in [-0.2, 0) is 17.1 Å². The zero-order valence-corrected chi connectivity index (χ0v) is 24.3. The number of amidine groups is 2. The molecule has 199 valence electrons. The Labute approximate surface area is 253 Å². The summed E-state index contributed by atoms with van der Waals surface area (Å²) in [6.07, 6.45) is 24.0. The quantitative estimate of drug-likeness (QED) is 0.329. The predicted molar refractivity (Wildman–Crippen MR) is 138 cm³/mol. The summed E-state index contributed by atoms with van der Waals surface area (Å²) in [5.41, 5.74) is 6.51. The van der Waals surface area contributed by atoms with Crippen LogP contribution in [0.5, 0.6) is 0 Å². The van der Waals surface area contributed by atoms with E-state index in [2.05, 4.69) is 36.5 Å². The molecular weight excluding hydrogens is 581 g/mol. The first-order chi connectivity index (χ1) is 16.8. The van der Waals surface area contributed by atoms with E-state index in [9.17, 15) is 0 Å². The van der Waals surface area contributed by atoms with Crippen LogP contribution in [0.15, 0.2) is 85.8 Å². The van der Waals surface area contributed by atoms with Gasteiger partial charge in [0.1, 0.15) is 23.5 Å². The number of nitrogens with zero attached hydrogens (tertiary/aromatic N) is 5. The molecule has 0 spiro atoms. The van der Waals surface area contributed by atoms with Crippen molar-refractivity contribution in [2.45, 2.75) is 63.5 Å². The Bertz CT molecular complexity index is 1200. The standard InChI is InChI=1S/C29H29N5.3ClH.Fe/c1-2-7-18(6-1)20-12-14-22-26(16-20)33-28(31-22)24-10-5-11-25(30-24)29-32-23-15-13-21(17-27(23)34-29)19-8-3-4-9-19;;;;/h5,10-19,22-23H,1-4,6-9H2;3*1H;/q;;;;+3/p-3.